The van der Waals surface area contributed by atoms with Crippen molar-refractivity contribution < 1.29 is 28.6 Å². The minimum atomic E-state index is -0.809. The molecule has 0 N–H and O–H groups in total. The first-order chi connectivity index (χ1) is 37.5. The Hall–Kier alpha value is -4.45. The van der Waals surface area contributed by atoms with E-state index in [1.807, 2.05) is 0 Å². The van der Waals surface area contributed by atoms with Crippen LogP contribution in [0.5, 0.6) is 0 Å². The summed E-state index contributed by atoms with van der Waals surface area (Å²) in [6.07, 6.45) is 89.3. The SMILES string of the molecule is CC/C=C\C/C=C\C/C=C\C/C=C\C/C=C\C/C=C\C/C=C\CCCC(=O)OC(COC(=O)CCCCCCCC)COC(=O)CCCCCCCCCCCCCCCCCC/C=C\C/C=C\C/C=C\C/C=C\CC. The number of carbonyl (C=O) groups excluding carboxylic acids is 3. The first-order valence-corrected chi connectivity index (χ1v) is 31.2. The van der Waals surface area contributed by atoms with E-state index in [1.165, 1.54) is 109 Å². The highest BCUT2D eigenvalue weighted by molar-refractivity contribution is 5.71. The Kier molecular flexibility index (Phi) is 59.4. The zero-order valence-corrected chi connectivity index (χ0v) is 49.2. The van der Waals surface area contributed by atoms with Crippen molar-refractivity contribution in [2.45, 2.75) is 277 Å². The average molecular weight is 1050 g/mol. The zero-order chi connectivity index (χ0) is 55.0. The molecule has 6 nitrogen and oxygen atoms in total. The molecule has 0 saturated carbocycles. The number of hydrogen-bond donors (Lipinski definition) is 0. The molecule has 0 bridgehead atoms. The maximum atomic E-state index is 12.8. The van der Waals surface area contributed by atoms with E-state index in [9.17, 15) is 14.4 Å². The third-order valence-electron chi connectivity index (χ3n) is 12.9. The lowest BCUT2D eigenvalue weighted by atomic mass is 10.0. The minimum absolute atomic E-state index is 0.103. The van der Waals surface area contributed by atoms with E-state index in [-0.39, 0.29) is 37.5 Å². The molecule has 0 aliphatic heterocycles. The summed E-state index contributed by atoms with van der Waals surface area (Å²) in [7, 11) is 0. The number of rotatable bonds is 55. The van der Waals surface area contributed by atoms with E-state index in [1.54, 1.807) is 0 Å². The van der Waals surface area contributed by atoms with Gasteiger partial charge in [-0.2, -0.15) is 0 Å². The number of esters is 3. The van der Waals surface area contributed by atoms with Gasteiger partial charge in [0.2, 0.25) is 0 Å². The molecule has 0 rings (SSSR count). The van der Waals surface area contributed by atoms with Gasteiger partial charge in [-0.15, -0.1) is 0 Å². The van der Waals surface area contributed by atoms with Crippen LogP contribution < -0.4 is 0 Å². The van der Waals surface area contributed by atoms with E-state index in [0.29, 0.717) is 19.3 Å². The van der Waals surface area contributed by atoms with Crippen molar-refractivity contribution in [1.82, 2.24) is 0 Å². The van der Waals surface area contributed by atoms with Gasteiger partial charge < -0.3 is 14.2 Å². The summed E-state index contributed by atoms with van der Waals surface area (Å²) in [4.78, 5) is 38.0. The van der Waals surface area contributed by atoms with Crippen LogP contribution >= 0.6 is 0 Å². The van der Waals surface area contributed by atoms with Crippen LogP contribution in [0, 0.1) is 0 Å². The van der Waals surface area contributed by atoms with Gasteiger partial charge in [-0.1, -0.05) is 276 Å². The molecule has 0 heterocycles. The normalized spacial score (nSPS) is 13.0. The third-order valence-corrected chi connectivity index (χ3v) is 12.9. The Morgan fingerprint density at radius 2 is 0.526 bits per heavy atom. The molecule has 0 radical (unpaired) electrons. The van der Waals surface area contributed by atoms with Gasteiger partial charge in [0, 0.05) is 19.3 Å². The summed E-state index contributed by atoms with van der Waals surface area (Å²) in [5.41, 5.74) is 0. The van der Waals surface area contributed by atoms with Crippen molar-refractivity contribution in [3.05, 3.63) is 134 Å². The van der Waals surface area contributed by atoms with E-state index in [2.05, 4.69) is 154 Å². The zero-order valence-electron chi connectivity index (χ0n) is 49.2. The molecule has 0 aromatic carbocycles. The summed E-state index contributed by atoms with van der Waals surface area (Å²) >= 11 is 0. The van der Waals surface area contributed by atoms with Crippen LogP contribution in [0.1, 0.15) is 271 Å². The number of allylic oxidation sites excluding steroid dienone is 22. The van der Waals surface area contributed by atoms with E-state index in [0.717, 1.165) is 116 Å². The second-order valence-corrected chi connectivity index (χ2v) is 20.2. The van der Waals surface area contributed by atoms with Crippen molar-refractivity contribution in [3.8, 4) is 0 Å². The third kappa shape index (κ3) is 60.4. The molecule has 76 heavy (non-hydrogen) atoms. The Labute approximate surface area is 468 Å². The van der Waals surface area contributed by atoms with E-state index >= 15 is 0 Å². The van der Waals surface area contributed by atoms with Gasteiger partial charge in [-0.3, -0.25) is 14.4 Å². The molecule has 0 aromatic rings. The van der Waals surface area contributed by atoms with E-state index in [4.69, 9.17) is 14.2 Å². The van der Waals surface area contributed by atoms with Gasteiger partial charge in [-0.25, -0.2) is 0 Å². The molecule has 6 heteroatoms. The molecule has 0 aliphatic carbocycles. The first-order valence-electron chi connectivity index (χ1n) is 31.2. The van der Waals surface area contributed by atoms with Crippen LogP contribution in [-0.2, 0) is 28.6 Å². The Bertz CT molecular complexity index is 1630. The standard InChI is InChI=1S/C70H114O6/c1-4-7-10-13-16-18-20-22-24-26-28-30-32-33-34-35-36-37-39-40-42-44-46-48-50-52-54-57-60-63-69(72)75-66-67(65-74-68(71)62-59-56-15-12-9-6-3)76-70(73)64-61-58-55-53-51-49-47-45-43-41-38-31-29-27-25-23-21-19-17-14-11-8-5-2/h7-8,10-11,16-19,22-25,28-31,41,43,47,49,53,55,67H,4-6,9,12-15,20-21,26-27,32-40,42,44-46,48,50-52,54,56-66H2,1-3H3/b10-7-,11-8-,18-16-,19-17-,24-22-,25-23-,30-28-,31-29-,43-41-,49-47-,55-53-. The predicted octanol–water partition coefficient (Wildman–Crippen LogP) is 21.4. The lowest BCUT2D eigenvalue weighted by Crippen LogP contribution is -2.30. The lowest BCUT2D eigenvalue weighted by Gasteiger charge is -2.18. The summed E-state index contributed by atoms with van der Waals surface area (Å²) in [6, 6.07) is 0. The van der Waals surface area contributed by atoms with Crippen LogP contribution in [0.4, 0.5) is 0 Å². The number of hydrogen-bond acceptors (Lipinski definition) is 6. The fraction of sp³-hybridized carbons (Fsp3) is 0.643. The topological polar surface area (TPSA) is 78.9 Å². The second kappa shape index (κ2) is 63.1. The highest BCUT2D eigenvalue weighted by atomic mass is 16.6. The van der Waals surface area contributed by atoms with Crippen LogP contribution in [0.3, 0.4) is 0 Å². The molecule has 430 valence electrons. The molecule has 0 aromatic heterocycles. The summed E-state index contributed by atoms with van der Waals surface area (Å²) in [6.45, 7) is 6.31. The largest absolute Gasteiger partial charge is 0.462 e. The van der Waals surface area contributed by atoms with Gasteiger partial charge in [0.05, 0.1) is 0 Å². The number of ether oxygens (including phenoxy) is 3. The summed E-state index contributed by atoms with van der Waals surface area (Å²) < 4.78 is 16.7. The molecular weight excluding hydrogens is 937 g/mol. The fourth-order valence-corrected chi connectivity index (χ4v) is 8.31. The summed E-state index contributed by atoms with van der Waals surface area (Å²) in [5, 5.41) is 0. The highest BCUT2D eigenvalue weighted by Gasteiger charge is 2.19. The van der Waals surface area contributed by atoms with Gasteiger partial charge in [0.1, 0.15) is 13.2 Å². The van der Waals surface area contributed by atoms with Crippen LogP contribution in [-0.4, -0.2) is 37.2 Å². The average Bonchev–Trinajstić information content (AvgIpc) is 3.42. The van der Waals surface area contributed by atoms with Crippen LogP contribution in [0.2, 0.25) is 0 Å². The Morgan fingerprint density at radius 1 is 0.276 bits per heavy atom. The quantitative estimate of drug-likeness (QED) is 0.0261. The van der Waals surface area contributed by atoms with Crippen LogP contribution in [0.25, 0.3) is 0 Å². The molecule has 0 amide bonds. The second-order valence-electron chi connectivity index (χ2n) is 20.2. The molecular formula is C70H114O6. The molecule has 1 unspecified atom stereocenters. The van der Waals surface area contributed by atoms with E-state index < -0.39 is 6.10 Å². The molecule has 0 saturated heterocycles. The monoisotopic (exact) mass is 1050 g/mol. The van der Waals surface area contributed by atoms with Crippen molar-refractivity contribution in [2.24, 2.45) is 0 Å². The molecule has 0 fully saturated rings. The van der Waals surface area contributed by atoms with Gasteiger partial charge in [0.25, 0.3) is 0 Å². The maximum Gasteiger partial charge on any atom is 0.306 e. The van der Waals surface area contributed by atoms with Gasteiger partial charge in [-0.05, 0) is 109 Å². The minimum Gasteiger partial charge on any atom is -0.462 e. The first kappa shape index (κ1) is 71.5. The fourth-order valence-electron chi connectivity index (χ4n) is 8.31. The molecule has 1 atom stereocenters. The van der Waals surface area contributed by atoms with Crippen LogP contribution in [0.15, 0.2) is 134 Å². The molecule has 0 spiro atoms. The highest BCUT2D eigenvalue weighted by Crippen LogP contribution is 2.16. The Balaban J connectivity index is 4.17. The number of carbonyl (C=O) groups is 3. The van der Waals surface area contributed by atoms with Crippen molar-refractivity contribution >= 4 is 17.9 Å². The Morgan fingerprint density at radius 3 is 0.842 bits per heavy atom. The number of unbranched alkanes of at least 4 members (excludes halogenated alkanes) is 22. The molecule has 0 aliphatic rings. The van der Waals surface area contributed by atoms with Gasteiger partial charge in [0.15, 0.2) is 6.10 Å². The van der Waals surface area contributed by atoms with Crippen molar-refractivity contribution in [2.75, 3.05) is 13.2 Å². The van der Waals surface area contributed by atoms with Crippen molar-refractivity contribution in [3.63, 3.8) is 0 Å². The summed E-state index contributed by atoms with van der Waals surface area (Å²) in [5.74, 6) is -0.972. The van der Waals surface area contributed by atoms with Gasteiger partial charge >= 0.3 is 17.9 Å². The smallest absolute Gasteiger partial charge is 0.306 e. The van der Waals surface area contributed by atoms with Crippen molar-refractivity contribution in [1.29, 1.82) is 0 Å². The predicted molar refractivity (Wildman–Crippen MR) is 329 cm³/mol. The lowest BCUT2D eigenvalue weighted by molar-refractivity contribution is -0.167. The maximum absolute atomic E-state index is 12.8.